The fourth-order valence-corrected chi connectivity index (χ4v) is 7.81. The fraction of sp³-hybridized carbons (Fsp3) is 0.455. The molecule has 0 heterocycles. The van der Waals surface area contributed by atoms with Gasteiger partial charge in [0.25, 0.3) is 0 Å². The normalized spacial score (nSPS) is 46.9. The van der Waals surface area contributed by atoms with Gasteiger partial charge in [0.2, 0.25) is 0 Å². The lowest BCUT2D eigenvalue weighted by Crippen LogP contribution is -2.32. The summed E-state index contributed by atoms with van der Waals surface area (Å²) in [5.41, 5.74) is 2.89. The van der Waals surface area contributed by atoms with Gasteiger partial charge in [-0.05, 0) is 11.1 Å². The van der Waals surface area contributed by atoms with Gasteiger partial charge in [0.15, 0.2) is 0 Å². The van der Waals surface area contributed by atoms with Crippen LogP contribution in [-0.2, 0) is 4.32 Å². The minimum atomic E-state index is 0.0302. The average molecular weight is 460 g/mol. The third-order valence-electron chi connectivity index (χ3n) is 3.47. The molecule has 0 spiro atoms. The lowest BCUT2D eigenvalue weighted by molar-refractivity contribution is 0.730. The van der Waals surface area contributed by atoms with Gasteiger partial charge < -0.3 is 0 Å². The fourth-order valence-electron chi connectivity index (χ4n) is 2.75. The van der Waals surface area contributed by atoms with Crippen LogP contribution >= 0.6 is 63.7 Å². The van der Waals surface area contributed by atoms with Crippen LogP contribution in [0.15, 0.2) is 24.3 Å². The highest BCUT2D eigenvalue weighted by molar-refractivity contribution is 9.14. The number of rotatable bonds is 0. The monoisotopic (exact) mass is 456 g/mol. The molecular weight excluding hydrogens is 452 g/mol. The zero-order valence-electron chi connectivity index (χ0n) is 7.63. The number of alkyl halides is 4. The van der Waals surface area contributed by atoms with Crippen molar-refractivity contribution in [1.82, 2.24) is 0 Å². The summed E-state index contributed by atoms with van der Waals surface area (Å²) < 4.78 is 0.0302. The van der Waals surface area contributed by atoms with Crippen molar-refractivity contribution >= 4 is 63.7 Å². The SMILES string of the molecule is BrC1C2c3ccccc3C(Br)(C1Br)C2Br. The van der Waals surface area contributed by atoms with Crippen molar-refractivity contribution in [2.75, 3.05) is 0 Å². The maximum absolute atomic E-state index is 3.93. The molecule has 1 aromatic rings. The lowest BCUT2D eigenvalue weighted by atomic mass is 9.92. The first-order valence-corrected chi connectivity index (χ1v) is 8.33. The molecule has 4 heteroatoms. The Morgan fingerprint density at radius 2 is 1.67 bits per heavy atom. The quantitative estimate of drug-likeness (QED) is 0.494. The van der Waals surface area contributed by atoms with Crippen LogP contribution in [0.4, 0.5) is 0 Å². The third kappa shape index (κ3) is 1.23. The minimum Gasteiger partial charge on any atom is -0.0871 e. The highest BCUT2D eigenvalue weighted by Gasteiger charge is 2.63. The highest BCUT2D eigenvalue weighted by atomic mass is 79.9. The van der Waals surface area contributed by atoms with Crippen LogP contribution in [0.5, 0.6) is 0 Å². The van der Waals surface area contributed by atoms with E-state index < -0.39 is 0 Å². The van der Waals surface area contributed by atoms with Gasteiger partial charge in [0, 0.05) is 20.4 Å². The summed E-state index contributed by atoms with van der Waals surface area (Å²) in [6.45, 7) is 0. The molecule has 3 rings (SSSR count). The van der Waals surface area contributed by atoms with Crippen molar-refractivity contribution in [2.45, 2.75) is 24.7 Å². The Bertz CT molecular complexity index is 419. The number of hydrogen-bond donors (Lipinski definition) is 0. The van der Waals surface area contributed by atoms with E-state index in [9.17, 15) is 0 Å². The van der Waals surface area contributed by atoms with Crippen LogP contribution < -0.4 is 0 Å². The standard InChI is InChI=1S/C11H8Br4/c12-8-7-5-3-1-2-4-6(5)11(15,9(7)13)10(8)14/h1-4,7-10H. The lowest BCUT2D eigenvalue weighted by Gasteiger charge is -2.31. The first-order valence-electron chi connectivity index (χ1n) is 4.79. The molecule has 0 saturated heterocycles. The highest BCUT2D eigenvalue weighted by Crippen LogP contribution is 2.66. The average Bonchev–Trinajstić information content (AvgIpc) is 2.56. The smallest absolute Gasteiger partial charge is 0.0775 e. The van der Waals surface area contributed by atoms with Gasteiger partial charge in [0.1, 0.15) is 0 Å². The van der Waals surface area contributed by atoms with Crippen molar-refractivity contribution in [1.29, 1.82) is 0 Å². The predicted molar refractivity (Wildman–Crippen MR) is 77.9 cm³/mol. The Morgan fingerprint density at radius 1 is 1.00 bits per heavy atom. The van der Waals surface area contributed by atoms with Crippen molar-refractivity contribution in [2.24, 2.45) is 0 Å². The topological polar surface area (TPSA) is 0 Å². The molecule has 2 aliphatic rings. The second kappa shape index (κ2) is 3.56. The zero-order valence-corrected chi connectivity index (χ0v) is 14.0. The van der Waals surface area contributed by atoms with Crippen LogP contribution in [-0.4, -0.2) is 14.5 Å². The Labute approximate surface area is 123 Å². The summed E-state index contributed by atoms with van der Waals surface area (Å²) in [4.78, 5) is 1.36. The molecular formula is C11H8Br4. The summed E-state index contributed by atoms with van der Waals surface area (Å²) in [6, 6.07) is 8.71. The molecule has 0 radical (unpaired) electrons. The maximum atomic E-state index is 3.93. The zero-order chi connectivity index (χ0) is 10.8. The van der Waals surface area contributed by atoms with Gasteiger partial charge in [0.05, 0.1) is 4.32 Å². The molecule has 2 aliphatic carbocycles. The van der Waals surface area contributed by atoms with Crippen LogP contribution in [0, 0.1) is 0 Å². The van der Waals surface area contributed by atoms with Gasteiger partial charge in [-0.25, -0.2) is 0 Å². The molecule has 5 atom stereocenters. The molecule has 0 amide bonds. The van der Waals surface area contributed by atoms with Crippen molar-refractivity contribution in [3.8, 4) is 0 Å². The maximum Gasteiger partial charge on any atom is 0.0775 e. The Balaban J connectivity index is 2.27. The summed E-state index contributed by atoms with van der Waals surface area (Å²) in [5, 5.41) is 0. The minimum absolute atomic E-state index is 0.0302. The number of benzene rings is 1. The first kappa shape index (κ1) is 11.2. The Hall–Kier alpha value is 1.14. The first-order chi connectivity index (χ1) is 7.08. The molecule has 5 unspecified atom stereocenters. The van der Waals surface area contributed by atoms with E-state index in [2.05, 4.69) is 88.0 Å². The third-order valence-corrected chi connectivity index (χ3v) is 10.5. The van der Waals surface area contributed by atoms with Gasteiger partial charge >= 0.3 is 0 Å². The molecule has 1 fully saturated rings. The molecule has 0 nitrogen and oxygen atoms in total. The number of halogens is 4. The van der Waals surface area contributed by atoms with Gasteiger partial charge in [-0.2, -0.15) is 0 Å². The van der Waals surface area contributed by atoms with Crippen molar-refractivity contribution < 1.29 is 0 Å². The van der Waals surface area contributed by atoms with E-state index in [0.29, 0.717) is 20.4 Å². The molecule has 0 aliphatic heterocycles. The van der Waals surface area contributed by atoms with Gasteiger partial charge in [-0.15, -0.1) is 0 Å². The van der Waals surface area contributed by atoms with E-state index in [4.69, 9.17) is 0 Å². The second-order valence-electron chi connectivity index (χ2n) is 4.13. The summed E-state index contributed by atoms with van der Waals surface area (Å²) in [7, 11) is 0. The molecule has 1 saturated carbocycles. The molecule has 1 aromatic carbocycles. The van der Waals surface area contributed by atoms with E-state index in [0.717, 1.165) is 0 Å². The van der Waals surface area contributed by atoms with E-state index in [1.54, 1.807) is 0 Å². The van der Waals surface area contributed by atoms with Crippen molar-refractivity contribution in [3.63, 3.8) is 0 Å². The van der Waals surface area contributed by atoms with E-state index in [-0.39, 0.29) is 4.32 Å². The molecule has 80 valence electrons. The van der Waals surface area contributed by atoms with Crippen molar-refractivity contribution in [3.05, 3.63) is 35.4 Å². The van der Waals surface area contributed by atoms with Crippen LogP contribution in [0.2, 0.25) is 0 Å². The van der Waals surface area contributed by atoms with E-state index in [1.807, 2.05) is 0 Å². The predicted octanol–water partition coefficient (Wildman–Crippen LogP) is 4.68. The number of hydrogen-bond acceptors (Lipinski definition) is 0. The summed E-state index contributed by atoms with van der Waals surface area (Å²) in [5.74, 6) is 0.546. The summed E-state index contributed by atoms with van der Waals surface area (Å²) >= 11 is 15.4. The Kier molecular flexibility index (Phi) is 2.67. The van der Waals surface area contributed by atoms with Crippen LogP contribution in [0.1, 0.15) is 17.0 Å². The van der Waals surface area contributed by atoms with Crippen LogP contribution in [0.25, 0.3) is 0 Å². The second-order valence-corrected chi connectivity index (χ2v) is 8.47. The molecule has 15 heavy (non-hydrogen) atoms. The summed E-state index contributed by atoms with van der Waals surface area (Å²) in [6.07, 6.45) is 0. The van der Waals surface area contributed by atoms with Gasteiger partial charge in [-0.3, -0.25) is 0 Å². The Morgan fingerprint density at radius 3 is 2.40 bits per heavy atom. The molecule has 0 N–H and O–H groups in total. The van der Waals surface area contributed by atoms with Gasteiger partial charge in [-0.1, -0.05) is 88.0 Å². The molecule has 2 bridgehead atoms. The van der Waals surface area contributed by atoms with E-state index >= 15 is 0 Å². The van der Waals surface area contributed by atoms with Crippen LogP contribution in [0.3, 0.4) is 0 Å². The molecule has 0 aromatic heterocycles. The van der Waals surface area contributed by atoms with E-state index in [1.165, 1.54) is 11.1 Å². The largest absolute Gasteiger partial charge is 0.0871 e. The number of fused-ring (bicyclic) bond motifs is 5.